The molecule has 0 unspecified atom stereocenters. The lowest BCUT2D eigenvalue weighted by Crippen LogP contribution is -1.92. The SMILES string of the molecule is C#CCOC(C)=C(C)CCC=C(C)C. The summed E-state index contributed by atoms with van der Waals surface area (Å²) in [5.74, 6) is 3.42. The zero-order valence-electron chi connectivity index (χ0n) is 9.68. The van der Waals surface area contributed by atoms with E-state index in [0.29, 0.717) is 6.61 Å². The summed E-state index contributed by atoms with van der Waals surface area (Å²) in [7, 11) is 0. The summed E-state index contributed by atoms with van der Waals surface area (Å²) < 4.78 is 5.33. The zero-order valence-corrected chi connectivity index (χ0v) is 9.68. The normalized spacial score (nSPS) is 11.4. The van der Waals surface area contributed by atoms with Crippen LogP contribution in [0.4, 0.5) is 0 Å². The van der Waals surface area contributed by atoms with Crippen LogP contribution >= 0.6 is 0 Å². The minimum atomic E-state index is 0.367. The van der Waals surface area contributed by atoms with Crippen molar-refractivity contribution in [2.45, 2.75) is 40.5 Å². The molecule has 1 nitrogen and oxygen atoms in total. The second kappa shape index (κ2) is 7.26. The summed E-state index contributed by atoms with van der Waals surface area (Å²) in [5, 5.41) is 0. The fourth-order valence-corrected chi connectivity index (χ4v) is 1.03. The molecule has 0 aromatic heterocycles. The van der Waals surface area contributed by atoms with Crippen LogP contribution in [0.2, 0.25) is 0 Å². The molecule has 0 aliphatic heterocycles. The first-order valence-corrected chi connectivity index (χ1v) is 4.94. The van der Waals surface area contributed by atoms with Crippen molar-refractivity contribution >= 4 is 0 Å². The molecule has 0 saturated heterocycles. The van der Waals surface area contributed by atoms with E-state index >= 15 is 0 Å². The van der Waals surface area contributed by atoms with E-state index in [1.807, 2.05) is 6.92 Å². The first-order chi connectivity index (χ1) is 6.57. The van der Waals surface area contributed by atoms with Crippen LogP contribution in [0.3, 0.4) is 0 Å². The van der Waals surface area contributed by atoms with E-state index in [-0.39, 0.29) is 0 Å². The van der Waals surface area contributed by atoms with Crippen molar-refractivity contribution in [3.05, 3.63) is 23.0 Å². The van der Waals surface area contributed by atoms with Gasteiger partial charge in [0.2, 0.25) is 0 Å². The predicted molar refractivity (Wildman–Crippen MR) is 61.8 cm³/mol. The maximum Gasteiger partial charge on any atom is 0.148 e. The molecule has 0 heterocycles. The van der Waals surface area contributed by atoms with Crippen molar-refractivity contribution in [1.29, 1.82) is 0 Å². The van der Waals surface area contributed by atoms with Gasteiger partial charge in [-0.15, -0.1) is 6.42 Å². The molecule has 0 aliphatic carbocycles. The van der Waals surface area contributed by atoms with Gasteiger partial charge in [-0.3, -0.25) is 0 Å². The van der Waals surface area contributed by atoms with Crippen molar-refractivity contribution < 1.29 is 4.74 Å². The Morgan fingerprint density at radius 3 is 2.43 bits per heavy atom. The number of rotatable bonds is 5. The lowest BCUT2D eigenvalue weighted by molar-refractivity contribution is 0.250. The summed E-state index contributed by atoms with van der Waals surface area (Å²) in [6.07, 6.45) is 9.46. The van der Waals surface area contributed by atoms with Gasteiger partial charge in [0.15, 0.2) is 0 Å². The summed E-state index contributed by atoms with van der Waals surface area (Å²) in [6.45, 7) is 8.65. The molecule has 0 rings (SSSR count). The van der Waals surface area contributed by atoms with Crippen molar-refractivity contribution in [1.82, 2.24) is 0 Å². The third kappa shape index (κ3) is 6.37. The number of hydrogen-bond acceptors (Lipinski definition) is 1. The fourth-order valence-electron chi connectivity index (χ4n) is 1.03. The first kappa shape index (κ1) is 12.8. The van der Waals surface area contributed by atoms with Crippen molar-refractivity contribution in [3.63, 3.8) is 0 Å². The Morgan fingerprint density at radius 2 is 1.93 bits per heavy atom. The second-order valence-electron chi connectivity index (χ2n) is 3.65. The lowest BCUT2D eigenvalue weighted by Gasteiger charge is -2.06. The Morgan fingerprint density at radius 1 is 1.29 bits per heavy atom. The predicted octanol–water partition coefficient (Wildman–Crippen LogP) is 3.68. The van der Waals surface area contributed by atoms with Crippen molar-refractivity contribution in [2.24, 2.45) is 0 Å². The molecule has 0 N–H and O–H groups in total. The van der Waals surface area contributed by atoms with Gasteiger partial charge in [-0.05, 0) is 46.1 Å². The average molecular weight is 192 g/mol. The highest BCUT2D eigenvalue weighted by Gasteiger charge is 1.96. The number of hydrogen-bond donors (Lipinski definition) is 0. The second-order valence-corrected chi connectivity index (χ2v) is 3.65. The molecule has 14 heavy (non-hydrogen) atoms. The Bertz CT molecular complexity index is 259. The number of allylic oxidation sites excluding steroid dienone is 4. The molecule has 0 radical (unpaired) electrons. The third-order valence-electron chi connectivity index (χ3n) is 2.04. The van der Waals surface area contributed by atoms with Crippen LogP contribution in [0.5, 0.6) is 0 Å². The van der Waals surface area contributed by atoms with Crippen LogP contribution in [0.25, 0.3) is 0 Å². The van der Waals surface area contributed by atoms with E-state index < -0.39 is 0 Å². The van der Waals surface area contributed by atoms with E-state index in [9.17, 15) is 0 Å². The average Bonchev–Trinajstić information content (AvgIpc) is 2.13. The van der Waals surface area contributed by atoms with Gasteiger partial charge in [0.1, 0.15) is 6.61 Å². The molecule has 0 saturated carbocycles. The largest absolute Gasteiger partial charge is 0.486 e. The number of ether oxygens (including phenoxy) is 1. The Kier molecular flexibility index (Phi) is 6.66. The highest BCUT2D eigenvalue weighted by molar-refractivity contribution is 5.06. The minimum Gasteiger partial charge on any atom is -0.486 e. The van der Waals surface area contributed by atoms with Crippen molar-refractivity contribution in [3.8, 4) is 12.3 Å². The van der Waals surface area contributed by atoms with Crippen LogP contribution in [-0.4, -0.2) is 6.61 Å². The standard InChI is InChI=1S/C13H20O/c1-6-10-14-13(5)12(4)9-7-8-11(2)3/h1,8H,7,9-10H2,2-5H3. The molecule has 78 valence electrons. The van der Waals surface area contributed by atoms with Crippen LogP contribution < -0.4 is 0 Å². The monoisotopic (exact) mass is 192 g/mol. The van der Waals surface area contributed by atoms with Crippen molar-refractivity contribution in [2.75, 3.05) is 6.61 Å². The molecular formula is C13H20O. The van der Waals surface area contributed by atoms with Gasteiger partial charge < -0.3 is 4.74 Å². The van der Waals surface area contributed by atoms with Crippen LogP contribution in [-0.2, 0) is 4.74 Å². The molecule has 0 aromatic carbocycles. The minimum absolute atomic E-state index is 0.367. The Hall–Kier alpha value is -1.16. The summed E-state index contributed by atoms with van der Waals surface area (Å²) >= 11 is 0. The van der Waals surface area contributed by atoms with E-state index in [4.69, 9.17) is 11.2 Å². The van der Waals surface area contributed by atoms with E-state index in [2.05, 4.69) is 32.8 Å². The quantitative estimate of drug-likeness (QED) is 0.367. The van der Waals surface area contributed by atoms with Gasteiger partial charge in [-0.2, -0.15) is 0 Å². The van der Waals surface area contributed by atoms with E-state index in [0.717, 1.165) is 18.6 Å². The van der Waals surface area contributed by atoms with Gasteiger partial charge in [0.25, 0.3) is 0 Å². The van der Waals surface area contributed by atoms with E-state index in [1.54, 1.807) is 0 Å². The highest BCUT2D eigenvalue weighted by atomic mass is 16.5. The topological polar surface area (TPSA) is 9.23 Å². The third-order valence-corrected chi connectivity index (χ3v) is 2.04. The van der Waals surface area contributed by atoms with Crippen LogP contribution in [0.1, 0.15) is 40.5 Å². The fraction of sp³-hybridized carbons (Fsp3) is 0.538. The maximum atomic E-state index is 5.33. The molecule has 1 heteroatoms. The molecular weight excluding hydrogens is 172 g/mol. The summed E-state index contributed by atoms with van der Waals surface area (Å²) in [5.41, 5.74) is 2.64. The Balaban J connectivity index is 3.98. The molecule has 0 amide bonds. The molecule has 0 aromatic rings. The van der Waals surface area contributed by atoms with Crippen LogP contribution in [0.15, 0.2) is 23.0 Å². The van der Waals surface area contributed by atoms with Gasteiger partial charge in [0, 0.05) is 0 Å². The summed E-state index contributed by atoms with van der Waals surface area (Å²) in [6, 6.07) is 0. The van der Waals surface area contributed by atoms with Gasteiger partial charge in [-0.1, -0.05) is 17.6 Å². The molecule has 0 atom stereocenters. The van der Waals surface area contributed by atoms with Crippen LogP contribution in [0, 0.1) is 12.3 Å². The maximum absolute atomic E-state index is 5.33. The lowest BCUT2D eigenvalue weighted by atomic mass is 10.1. The van der Waals surface area contributed by atoms with Gasteiger partial charge >= 0.3 is 0 Å². The molecule has 0 spiro atoms. The molecule has 0 fully saturated rings. The molecule has 0 aliphatic rings. The highest BCUT2D eigenvalue weighted by Crippen LogP contribution is 2.12. The zero-order chi connectivity index (χ0) is 11.0. The number of terminal acetylenes is 1. The van der Waals surface area contributed by atoms with Gasteiger partial charge in [0.05, 0.1) is 5.76 Å². The first-order valence-electron chi connectivity index (χ1n) is 4.94. The summed E-state index contributed by atoms with van der Waals surface area (Å²) in [4.78, 5) is 0. The Labute approximate surface area is 87.9 Å². The van der Waals surface area contributed by atoms with E-state index in [1.165, 1.54) is 11.1 Å². The smallest absolute Gasteiger partial charge is 0.148 e. The van der Waals surface area contributed by atoms with Gasteiger partial charge in [-0.25, -0.2) is 0 Å². The molecule has 0 bridgehead atoms.